The number of hydrogen-bond donors (Lipinski definition) is 0. The fourth-order valence-corrected chi connectivity index (χ4v) is 5.04. The number of amides is 2. The maximum absolute atomic E-state index is 13.7. The van der Waals surface area contributed by atoms with Crippen LogP contribution < -0.4 is 9.47 Å². The molecule has 1 aromatic heterocycles. The van der Waals surface area contributed by atoms with Gasteiger partial charge in [0.15, 0.2) is 11.5 Å². The highest BCUT2D eigenvalue weighted by Gasteiger charge is 2.25. The van der Waals surface area contributed by atoms with E-state index in [4.69, 9.17) is 21.1 Å². The quantitative estimate of drug-likeness (QED) is 0.317. The molecule has 36 heavy (non-hydrogen) atoms. The smallest absolute Gasteiger partial charge is 0.254 e. The molecular weight excluding hydrogens is 496 g/mol. The zero-order chi connectivity index (χ0) is 25.7. The summed E-state index contributed by atoms with van der Waals surface area (Å²) >= 11 is 7.65. The van der Waals surface area contributed by atoms with Gasteiger partial charge in [0.05, 0.1) is 6.54 Å². The molecule has 0 saturated carbocycles. The summed E-state index contributed by atoms with van der Waals surface area (Å²) in [5.74, 6) is 1.38. The van der Waals surface area contributed by atoms with Crippen molar-refractivity contribution in [2.75, 3.05) is 19.9 Å². The maximum Gasteiger partial charge on any atom is 0.254 e. The number of thiophene rings is 1. The van der Waals surface area contributed by atoms with Crippen molar-refractivity contribution in [2.24, 2.45) is 5.92 Å². The Morgan fingerprint density at radius 1 is 1.03 bits per heavy atom. The summed E-state index contributed by atoms with van der Waals surface area (Å²) < 4.78 is 11.0. The molecule has 6 nitrogen and oxygen atoms in total. The van der Waals surface area contributed by atoms with Gasteiger partial charge in [-0.2, -0.15) is 0 Å². The number of hydrogen-bond acceptors (Lipinski definition) is 5. The van der Waals surface area contributed by atoms with Crippen molar-refractivity contribution in [2.45, 2.75) is 40.3 Å². The number of nitrogens with zero attached hydrogens (tertiary/aromatic N) is 2. The normalized spacial score (nSPS) is 12.9. The van der Waals surface area contributed by atoms with E-state index >= 15 is 0 Å². The van der Waals surface area contributed by atoms with Crippen LogP contribution in [0.3, 0.4) is 0 Å². The number of carbonyl (C=O) groups excluding carboxylic acids is 2. The van der Waals surface area contributed by atoms with E-state index in [1.165, 1.54) is 0 Å². The van der Waals surface area contributed by atoms with Crippen molar-refractivity contribution < 1.29 is 19.1 Å². The van der Waals surface area contributed by atoms with E-state index in [0.29, 0.717) is 41.7 Å². The molecule has 0 unspecified atom stereocenters. The standard InChI is InChI=1S/C28H31ClN2O4S/c1-4-19(2)14-31(28(33)22-6-8-23(29)9-7-22)17-27(32)30(16-26-20(3)11-12-36-26)15-21-5-10-24-25(13-21)35-18-34-24/h5-13,19H,4,14-18H2,1-3H3/t19-/m0/s1. The van der Waals surface area contributed by atoms with Gasteiger partial charge < -0.3 is 19.3 Å². The monoisotopic (exact) mass is 526 g/mol. The highest BCUT2D eigenvalue weighted by atomic mass is 35.5. The van der Waals surface area contributed by atoms with Gasteiger partial charge in [0.25, 0.3) is 5.91 Å². The molecule has 2 amide bonds. The number of fused-ring (bicyclic) bond motifs is 1. The van der Waals surface area contributed by atoms with Crippen molar-refractivity contribution in [3.63, 3.8) is 0 Å². The van der Waals surface area contributed by atoms with Crippen LogP contribution in [0.5, 0.6) is 11.5 Å². The second-order valence-corrected chi connectivity index (χ2v) is 10.6. The summed E-state index contributed by atoms with van der Waals surface area (Å²) in [6, 6.07) is 14.6. The van der Waals surface area contributed by atoms with E-state index in [1.807, 2.05) is 35.4 Å². The fraction of sp³-hybridized carbons (Fsp3) is 0.357. The first-order valence-electron chi connectivity index (χ1n) is 12.1. The second-order valence-electron chi connectivity index (χ2n) is 9.17. The Labute approximate surface area is 221 Å². The number of halogens is 1. The van der Waals surface area contributed by atoms with Crippen molar-refractivity contribution in [1.29, 1.82) is 0 Å². The van der Waals surface area contributed by atoms with Crippen LogP contribution in [0.1, 0.15) is 46.6 Å². The third-order valence-electron chi connectivity index (χ3n) is 6.40. The topological polar surface area (TPSA) is 59.1 Å². The van der Waals surface area contributed by atoms with Gasteiger partial charge in [-0.15, -0.1) is 11.3 Å². The molecule has 190 valence electrons. The van der Waals surface area contributed by atoms with Crippen molar-refractivity contribution in [3.8, 4) is 11.5 Å². The second kappa shape index (κ2) is 11.8. The Bertz CT molecular complexity index is 1210. The molecule has 2 heterocycles. The molecule has 4 rings (SSSR count). The van der Waals surface area contributed by atoms with Crippen LogP contribution in [0.15, 0.2) is 53.9 Å². The summed E-state index contributed by atoms with van der Waals surface area (Å²) in [6.07, 6.45) is 0.911. The minimum atomic E-state index is -0.171. The van der Waals surface area contributed by atoms with Crippen LogP contribution in [-0.2, 0) is 17.9 Å². The number of aryl methyl sites for hydroxylation is 1. The number of benzene rings is 2. The van der Waals surface area contributed by atoms with E-state index in [1.54, 1.807) is 40.5 Å². The van der Waals surface area contributed by atoms with Crippen LogP contribution in [0, 0.1) is 12.8 Å². The lowest BCUT2D eigenvalue weighted by molar-refractivity contribution is -0.133. The van der Waals surface area contributed by atoms with Crippen LogP contribution in [-0.4, -0.2) is 41.5 Å². The summed E-state index contributed by atoms with van der Waals surface area (Å²) in [5, 5.41) is 2.60. The van der Waals surface area contributed by atoms with Gasteiger partial charge in [0.1, 0.15) is 6.54 Å². The first-order valence-corrected chi connectivity index (χ1v) is 13.3. The van der Waals surface area contributed by atoms with Gasteiger partial charge in [-0.1, -0.05) is 37.9 Å². The van der Waals surface area contributed by atoms with Gasteiger partial charge in [-0.3, -0.25) is 9.59 Å². The molecule has 3 aromatic rings. The Balaban J connectivity index is 1.57. The summed E-state index contributed by atoms with van der Waals surface area (Å²) in [5.41, 5.74) is 2.61. The molecule has 0 saturated heterocycles. The fourth-order valence-electron chi connectivity index (χ4n) is 3.99. The molecule has 0 fully saturated rings. The van der Waals surface area contributed by atoms with Crippen molar-refractivity contribution >= 4 is 34.8 Å². The Morgan fingerprint density at radius 3 is 2.47 bits per heavy atom. The predicted octanol–water partition coefficient (Wildman–Crippen LogP) is 6.16. The molecule has 0 aliphatic carbocycles. The molecular formula is C28H31ClN2O4S. The summed E-state index contributed by atoms with van der Waals surface area (Å²) in [7, 11) is 0. The minimum absolute atomic E-state index is 0.000768. The summed E-state index contributed by atoms with van der Waals surface area (Å²) in [6.45, 7) is 7.80. The molecule has 1 atom stereocenters. The first kappa shape index (κ1) is 26.0. The van der Waals surface area contributed by atoms with Crippen LogP contribution in [0.2, 0.25) is 5.02 Å². The average Bonchev–Trinajstić information content (AvgIpc) is 3.51. The van der Waals surface area contributed by atoms with Gasteiger partial charge in [0.2, 0.25) is 12.7 Å². The number of carbonyl (C=O) groups is 2. The average molecular weight is 527 g/mol. The van der Waals surface area contributed by atoms with Gasteiger partial charge in [-0.05, 0) is 71.8 Å². The Hall–Kier alpha value is -3.03. The number of ether oxygens (including phenoxy) is 2. The lowest BCUT2D eigenvalue weighted by Crippen LogP contribution is -2.44. The molecule has 1 aliphatic heterocycles. The van der Waals surface area contributed by atoms with E-state index in [9.17, 15) is 9.59 Å². The highest BCUT2D eigenvalue weighted by molar-refractivity contribution is 7.10. The van der Waals surface area contributed by atoms with Crippen molar-refractivity contribution in [3.05, 3.63) is 80.5 Å². The van der Waals surface area contributed by atoms with Crippen LogP contribution in [0.4, 0.5) is 0 Å². The van der Waals surface area contributed by atoms with E-state index in [0.717, 1.165) is 22.4 Å². The molecule has 0 N–H and O–H groups in total. The van der Waals surface area contributed by atoms with Gasteiger partial charge >= 0.3 is 0 Å². The van der Waals surface area contributed by atoms with Gasteiger partial charge in [-0.25, -0.2) is 0 Å². The third kappa shape index (κ3) is 6.39. The van der Waals surface area contributed by atoms with E-state index in [-0.39, 0.29) is 31.1 Å². The van der Waals surface area contributed by atoms with Crippen LogP contribution >= 0.6 is 22.9 Å². The number of rotatable bonds is 10. The molecule has 8 heteroatoms. The summed E-state index contributed by atoms with van der Waals surface area (Å²) in [4.78, 5) is 31.8. The first-order chi connectivity index (χ1) is 17.3. The SMILES string of the molecule is CC[C@H](C)CN(CC(=O)N(Cc1ccc2c(c1)OCO2)Cc1sccc1C)C(=O)c1ccc(Cl)cc1. The lowest BCUT2D eigenvalue weighted by atomic mass is 10.1. The van der Waals surface area contributed by atoms with E-state index < -0.39 is 0 Å². The molecule has 0 spiro atoms. The largest absolute Gasteiger partial charge is 0.454 e. The molecule has 2 aromatic carbocycles. The van der Waals surface area contributed by atoms with Gasteiger partial charge in [0, 0.05) is 28.6 Å². The van der Waals surface area contributed by atoms with Crippen LogP contribution in [0.25, 0.3) is 0 Å². The molecule has 0 radical (unpaired) electrons. The zero-order valence-electron chi connectivity index (χ0n) is 20.8. The van der Waals surface area contributed by atoms with Crippen molar-refractivity contribution in [1.82, 2.24) is 9.80 Å². The molecule has 1 aliphatic rings. The maximum atomic E-state index is 13.7. The lowest BCUT2D eigenvalue weighted by Gasteiger charge is -2.29. The third-order valence-corrected chi connectivity index (χ3v) is 7.66. The zero-order valence-corrected chi connectivity index (χ0v) is 22.4. The predicted molar refractivity (Wildman–Crippen MR) is 143 cm³/mol. The molecule has 0 bridgehead atoms. The highest BCUT2D eigenvalue weighted by Crippen LogP contribution is 2.33. The Kier molecular flexibility index (Phi) is 8.54. The van der Waals surface area contributed by atoms with E-state index in [2.05, 4.69) is 19.9 Å². The minimum Gasteiger partial charge on any atom is -0.454 e. The Morgan fingerprint density at radius 2 is 1.78 bits per heavy atom.